The van der Waals surface area contributed by atoms with Crippen molar-refractivity contribution in [1.82, 2.24) is 4.98 Å². The van der Waals surface area contributed by atoms with Gasteiger partial charge in [-0.3, -0.25) is 9.78 Å². The number of H-pyrrole nitrogens is 1. The van der Waals surface area contributed by atoms with Gasteiger partial charge in [0.05, 0.1) is 11.4 Å². The lowest BCUT2D eigenvalue weighted by Crippen LogP contribution is -2.32. The molecule has 21 heavy (non-hydrogen) atoms. The van der Waals surface area contributed by atoms with E-state index in [0.717, 1.165) is 0 Å². The molecule has 2 aromatic rings. The Hall–Kier alpha value is -2.08. The van der Waals surface area contributed by atoms with Crippen molar-refractivity contribution in [2.24, 2.45) is 17.1 Å². The summed E-state index contributed by atoms with van der Waals surface area (Å²) in [5, 5.41) is 2.83. The van der Waals surface area contributed by atoms with E-state index in [0.29, 0.717) is 29.8 Å². The van der Waals surface area contributed by atoms with Crippen molar-refractivity contribution < 1.29 is 9.21 Å². The van der Waals surface area contributed by atoms with Gasteiger partial charge in [0.2, 0.25) is 5.91 Å². The maximum Gasteiger partial charge on any atom is 0.417 e. The van der Waals surface area contributed by atoms with E-state index < -0.39 is 5.76 Å². The summed E-state index contributed by atoms with van der Waals surface area (Å²) in [7, 11) is 0. The smallest absolute Gasteiger partial charge is 0.408 e. The first kappa shape index (κ1) is 15.3. The number of nitrogens with two attached hydrogens (primary N) is 1. The zero-order valence-electron chi connectivity index (χ0n) is 12.5. The minimum Gasteiger partial charge on any atom is -0.408 e. The number of hydrogen-bond acceptors (Lipinski definition) is 4. The fourth-order valence-corrected chi connectivity index (χ4v) is 2.30. The molecule has 1 heterocycles. The van der Waals surface area contributed by atoms with Crippen molar-refractivity contribution in [3.63, 3.8) is 0 Å². The molecule has 0 spiro atoms. The highest BCUT2D eigenvalue weighted by molar-refractivity contribution is 5.94. The molecule has 0 bridgehead atoms. The van der Waals surface area contributed by atoms with Crippen LogP contribution in [0.5, 0.6) is 0 Å². The van der Waals surface area contributed by atoms with Crippen molar-refractivity contribution in [3.05, 3.63) is 28.7 Å². The highest BCUT2D eigenvalue weighted by Crippen LogP contribution is 2.25. The third kappa shape index (κ3) is 3.95. The molecule has 6 nitrogen and oxygen atoms in total. The Labute approximate surface area is 122 Å². The summed E-state index contributed by atoms with van der Waals surface area (Å²) in [5.74, 6) is -0.872. The summed E-state index contributed by atoms with van der Waals surface area (Å²) < 4.78 is 4.92. The molecule has 0 radical (unpaired) electrons. The van der Waals surface area contributed by atoms with E-state index in [9.17, 15) is 9.59 Å². The quantitative estimate of drug-likeness (QED) is 0.802. The average Bonchev–Trinajstić information content (AvgIpc) is 2.74. The summed E-state index contributed by atoms with van der Waals surface area (Å²) in [6.07, 6.45) is 0.708. The van der Waals surface area contributed by atoms with Crippen LogP contribution in [0.15, 0.2) is 27.4 Å². The molecular weight excluding hydrogens is 270 g/mol. The highest BCUT2D eigenvalue weighted by Gasteiger charge is 2.23. The third-order valence-corrected chi connectivity index (χ3v) is 3.20. The first-order chi connectivity index (χ1) is 9.78. The van der Waals surface area contributed by atoms with Gasteiger partial charge in [0.25, 0.3) is 0 Å². The molecule has 4 N–H and O–H groups in total. The van der Waals surface area contributed by atoms with Crippen LogP contribution in [0.25, 0.3) is 11.1 Å². The number of aromatic nitrogens is 1. The van der Waals surface area contributed by atoms with Crippen LogP contribution in [0.2, 0.25) is 0 Å². The summed E-state index contributed by atoms with van der Waals surface area (Å²) in [5.41, 5.74) is 7.36. The second-order valence-electron chi connectivity index (χ2n) is 6.41. The predicted octanol–water partition coefficient (Wildman–Crippen LogP) is 2.07. The third-order valence-electron chi connectivity index (χ3n) is 3.20. The number of carbonyl (C=O) groups is 1. The molecule has 0 saturated heterocycles. The van der Waals surface area contributed by atoms with E-state index in [-0.39, 0.29) is 17.2 Å². The average molecular weight is 291 g/mol. The van der Waals surface area contributed by atoms with Gasteiger partial charge in [-0.1, -0.05) is 20.8 Å². The lowest BCUT2D eigenvalue weighted by atomic mass is 9.84. The van der Waals surface area contributed by atoms with Gasteiger partial charge in [-0.2, -0.15) is 0 Å². The van der Waals surface area contributed by atoms with Gasteiger partial charge >= 0.3 is 5.76 Å². The normalized spacial score (nSPS) is 13.3. The van der Waals surface area contributed by atoms with Crippen molar-refractivity contribution >= 4 is 22.7 Å². The van der Waals surface area contributed by atoms with Gasteiger partial charge in [-0.25, -0.2) is 4.79 Å². The first-order valence-electron chi connectivity index (χ1n) is 6.92. The molecule has 114 valence electrons. The number of rotatable bonds is 4. The zero-order chi connectivity index (χ0) is 15.6. The lowest BCUT2D eigenvalue weighted by molar-refractivity contribution is -0.120. The maximum absolute atomic E-state index is 12.3. The molecule has 1 atom stereocenters. The minimum atomic E-state index is -0.513. The Balaban J connectivity index is 2.14. The van der Waals surface area contributed by atoms with Crippen molar-refractivity contribution in [3.8, 4) is 0 Å². The van der Waals surface area contributed by atoms with E-state index in [1.54, 1.807) is 18.2 Å². The Kier molecular flexibility index (Phi) is 4.18. The number of aromatic amines is 1. The van der Waals surface area contributed by atoms with Gasteiger partial charge in [-0.15, -0.1) is 0 Å². The molecule has 1 aromatic heterocycles. The van der Waals surface area contributed by atoms with Crippen molar-refractivity contribution in [2.45, 2.75) is 27.2 Å². The number of fused-ring (bicyclic) bond motifs is 1. The van der Waals surface area contributed by atoms with Gasteiger partial charge in [0.1, 0.15) is 0 Å². The van der Waals surface area contributed by atoms with Crippen LogP contribution in [0.1, 0.15) is 27.2 Å². The monoisotopic (exact) mass is 291 g/mol. The molecule has 1 unspecified atom stereocenters. The standard InChI is InChI=1S/C15H21N3O3/c1-15(2,3)7-9(8-16)13(19)17-10-4-5-12-11(6-10)18-14(20)21-12/h4-6,9H,7-8,16H2,1-3H3,(H,17,19)(H,18,20). The molecule has 6 heteroatoms. The molecule has 0 saturated carbocycles. The van der Waals surface area contributed by atoms with Crippen LogP contribution in [0, 0.1) is 11.3 Å². The van der Waals surface area contributed by atoms with E-state index in [1.165, 1.54) is 0 Å². The number of hydrogen-bond donors (Lipinski definition) is 3. The number of oxazole rings is 1. The molecule has 0 aliphatic heterocycles. The second-order valence-corrected chi connectivity index (χ2v) is 6.41. The molecule has 1 aromatic carbocycles. The lowest BCUT2D eigenvalue weighted by Gasteiger charge is -2.24. The number of amides is 1. The Morgan fingerprint density at radius 3 is 2.76 bits per heavy atom. The van der Waals surface area contributed by atoms with Gasteiger partial charge in [0, 0.05) is 12.2 Å². The summed E-state index contributed by atoms with van der Waals surface area (Å²) >= 11 is 0. The van der Waals surface area contributed by atoms with Crippen LogP contribution in [0.3, 0.4) is 0 Å². The summed E-state index contributed by atoms with van der Waals surface area (Å²) in [4.78, 5) is 25.9. The van der Waals surface area contributed by atoms with Gasteiger partial charge in [-0.05, 0) is 30.0 Å². The van der Waals surface area contributed by atoms with Crippen LogP contribution in [-0.4, -0.2) is 17.4 Å². The van der Waals surface area contributed by atoms with Gasteiger partial charge < -0.3 is 15.5 Å². The minimum absolute atomic E-state index is 0.0289. The molecule has 0 aliphatic rings. The molecule has 0 aliphatic carbocycles. The van der Waals surface area contributed by atoms with Crippen molar-refractivity contribution in [2.75, 3.05) is 11.9 Å². The summed E-state index contributed by atoms with van der Waals surface area (Å²) in [6, 6.07) is 5.01. The second kappa shape index (κ2) is 5.73. The molecule has 1 amide bonds. The number of carbonyl (C=O) groups excluding carboxylic acids is 1. The maximum atomic E-state index is 12.3. The van der Waals surface area contributed by atoms with E-state index in [4.69, 9.17) is 10.2 Å². The van der Waals surface area contributed by atoms with Crippen LogP contribution >= 0.6 is 0 Å². The van der Waals surface area contributed by atoms with Crippen LogP contribution in [0.4, 0.5) is 5.69 Å². The predicted molar refractivity (Wildman–Crippen MR) is 82.1 cm³/mol. The Morgan fingerprint density at radius 2 is 2.14 bits per heavy atom. The van der Waals surface area contributed by atoms with E-state index in [2.05, 4.69) is 31.1 Å². The fraction of sp³-hybridized carbons (Fsp3) is 0.467. The van der Waals surface area contributed by atoms with E-state index in [1.807, 2.05) is 0 Å². The van der Waals surface area contributed by atoms with Gasteiger partial charge in [0.15, 0.2) is 5.58 Å². The van der Waals surface area contributed by atoms with Crippen molar-refractivity contribution in [1.29, 1.82) is 0 Å². The number of benzene rings is 1. The Morgan fingerprint density at radius 1 is 1.43 bits per heavy atom. The zero-order valence-corrected chi connectivity index (χ0v) is 12.5. The fourth-order valence-electron chi connectivity index (χ4n) is 2.30. The highest BCUT2D eigenvalue weighted by atomic mass is 16.4. The molecular formula is C15H21N3O3. The van der Waals surface area contributed by atoms with Crippen LogP contribution < -0.4 is 16.8 Å². The topological polar surface area (TPSA) is 101 Å². The SMILES string of the molecule is CC(C)(C)CC(CN)C(=O)Nc1ccc2oc(=O)[nH]c2c1. The van der Waals surface area contributed by atoms with Crippen LogP contribution in [-0.2, 0) is 4.79 Å². The summed E-state index contributed by atoms with van der Waals surface area (Å²) in [6.45, 7) is 6.52. The first-order valence-corrected chi connectivity index (χ1v) is 6.92. The van der Waals surface area contributed by atoms with E-state index >= 15 is 0 Å². The molecule has 2 rings (SSSR count). The Bertz CT molecular complexity index is 694. The number of nitrogens with one attached hydrogen (secondary N) is 2. The largest absolute Gasteiger partial charge is 0.417 e. The molecule has 0 fully saturated rings. The number of anilines is 1.